The van der Waals surface area contributed by atoms with Crippen LogP contribution < -0.4 is 0 Å². The van der Waals surface area contributed by atoms with E-state index in [2.05, 4.69) is 4.98 Å². The maximum absolute atomic E-state index is 12.7. The number of furan rings is 1. The van der Waals surface area contributed by atoms with E-state index >= 15 is 0 Å². The Morgan fingerprint density at radius 2 is 1.81 bits per heavy atom. The Balaban J connectivity index is 1.79. The van der Waals surface area contributed by atoms with Crippen molar-refractivity contribution in [3.05, 3.63) is 58.6 Å². The van der Waals surface area contributed by atoms with Crippen molar-refractivity contribution in [3.63, 3.8) is 0 Å². The molecule has 1 aromatic carbocycles. The van der Waals surface area contributed by atoms with Crippen molar-refractivity contribution in [1.82, 2.24) is 4.98 Å². The number of H-pyrrole nitrogens is 1. The first-order valence-corrected chi connectivity index (χ1v) is 8.34. The lowest BCUT2D eigenvalue weighted by molar-refractivity contribution is 0.0289. The number of esters is 2. The number of aromatic amines is 1. The molecule has 0 saturated heterocycles. The first-order chi connectivity index (χ1) is 12.8. The van der Waals surface area contributed by atoms with Crippen LogP contribution in [0.15, 0.2) is 34.7 Å². The number of aromatic nitrogens is 1. The zero-order chi connectivity index (χ0) is 19.7. The molecule has 0 aliphatic heterocycles. The third kappa shape index (κ3) is 3.36. The molecule has 0 aliphatic carbocycles. The number of ether oxygens (including phenoxy) is 2. The first-order valence-electron chi connectivity index (χ1n) is 8.34. The number of para-hydroxylation sites is 1. The quantitative estimate of drug-likeness (QED) is 0.545. The monoisotopic (exact) mass is 369 g/mol. The fourth-order valence-electron chi connectivity index (χ4n) is 2.96. The molecule has 1 N–H and O–H groups in total. The van der Waals surface area contributed by atoms with E-state index < -0.39 is 23.8 Å². The van der Waals surface area contributed by atoms with E-state index in [0.717, 1.165) is 5.39 Å². The first kappa shape index (κ1) is 18.4. The van der Waals surface area contributed by atoms with Gasteiger partial charge in [-0.2, -0.15) is 0 Å². The molecule has 27 heavy (non-hydrogen) atoms. The molecule has 0 saturated carbocycles. The molecule has 0 bridgehead atoms. The van der Waals surface area contributed by atoms with E-state index in [1.807, 2.05) is 12.1 Å². The van der Waals surface area contributed by atoms with E-state index in [4.69, 9.17) is 13.9 Å². The fraction of sp³-hybridized carbons (Fsp3) is 0.250. The average Bonchev–Trinajstić information content (AvgIpc) is 3.21. The lowest BCUT2D eigenvalue weighted by Gasteiger charge is -2.11. The highest BCUT2D eigenvalue weighted by Gasteiger charge is 2.28. The molecule has 0 fully saturated rings. The summed E-state index contributed by atoms with van der Waals surface area (Å²) >= 11 is 0. The lowest BCUT2D eigenvalue weighted by atomic mass is 10.1. The zero-order valence-electron chi connectivity index (χ0n) is 15.4. The van der Waals surface area contributed by atoms with Crippen LogP contribution in [0.5, 0.6) is 0 Å². The fourth-order valence-corrected chi connectivity index (χ4v) is 2.96. The van der Waals surface area contributed by atoms with Gasteiger partial charge in [-0.15, -0.1) is 0 Å². The van der Waals surface area contributed by atoms with Gasteiger partial charge in [0.15, 0.2) is 6.10 Å². The number of fused-ring (bicyclic) bond motifs is 1. The highest BCUT2D eigenvalue weighted by atomic mass is 16.6. The van der Waals surface area contributed by atoms with Gasteiger partial charge in [0.05, 0.1) is 18.4 Å². The minimum absolute atomic E-state index is 0.0190. The number of ketones is 1. The number of rotatable bonds is 5. The van der Waals surface area contributed by atoms with Crippen molar-refractivity contribution >= 4 is 28.7 Å². The summed E-state index contributed by atoms with van der Waals surface area (Å²) < 4.78 is 15.4. The Morgan fingerprint density at radius 3 is 2.48 bits per heavy atom. The minimum atomic E-state index is -1.06. The van der Waals surface area contributed by atoms with E-state index in [1.54, 1.807) is 32.0 Å². The molecule has 0 amide bonds. The van der Waals surface area contributed by atoms with Crippen molar-refractivity contribution in [3.8, 4) is 0 Å². The lowest BCUT2D eigenvalue weighted by Crippen LogP contribution is -2.25. The van der Waals surface area contributed by atoms with Gasteiger partial charge >= 0.3 is 11.9 Å². The van der Waals surface area contributed by atoms with E-state index in [-0.39, 0.29) is 11.5 Å². The molecule has 1 atom stereocenters. The van der Waals surface area contributed by atoms with Crippen LogP contribution in [0, 0.1) is 13.8 Å². The third-order valence-electron chi connectivity index (χ3n) is 4.35. The topological polar surface area (TPSA) is 98.6 Å². The van der Waals surface area contributed by atoms with Gasteiger partial charge < -0.3 is 18.9 Å². The van der Waals surface area contributed by atoms with E-state index in [1.165, 1.54) is 14.0 Å². The van der Waals surface area contributed by atoms with E-state index in [9.17, 15) is 14.4 Å². The number of aryl methyl sites for hydroxylation is 1. The Labute approximate surface area is 155 Å². The average molecular weight is 369 g/mol. The van der Waals surface area contributed by atoms with Gasteiger partial charge in [-0.25, -0.2) is 9.59 Å². The molecule has 2 heterocycles. The molecule has 0 spiro atoms. The highest BCUT2D eigenvalue weighted by Crippen LogP contribution is 2.22. The molecule has 140 valence electrons. The standard InChI is InChI=1S/C20H19NO6/c1-10-16(20(24)25-4)11(2)21-17(10)18(22)12(3)26-19(23)15-9-13-7-5-6-8-14(13)27-15/h5-9,12,21H,1-4H3. The number of carbonyl (C=O) groups is 3. The van der Waals surface area contributed by atoms with Crippen molar-refractivity contribution in [2.24, 2.45) is 0 Å². The number of Topliss-reactive ketones (excluding diaryl/α,β-unsaturated/α-hetero) is 1. The largest absolute Gasteiger partial charge is 0.465 e. The predicted molar refractivity (Wildman–Crippen MR) is 97.0 cm³/mol. The summed E-state index contributed by atoms with van der Waals surface area (Å²) in [5.41, 5.74) is 2.03. The molecule has 2 aromatic heterocycles. The summed E-state index contributed by atoms with van der Waals surface area (Å²) in [5, 5.41) is 0.766. The smallest absolute Gasteiger partial charge is 0.374 e. The van der Waals surface area contributed by atoms with Gasteiger partial charge in [0, 0.05) is 11.1 Å². The molecular formula is C20H19NO6. The highest BCUT2D eigenvalue weighted by molar-refractivity contribution is 6.04. The SMILES string of the molecule is COC(=O)c1c(C)[nH]c(C(=O)C(C)OC(=O)c2cc3ccccc3o2)c1C. The molecule has 7 nitrogen and oxygen atoms in total. The van der Waals surface area contributed by atoms with Gasteiger partial charge in [-0.3, -0.25) is 4.79 Å². The number of benzene rings is 1. The normalized spacial score (nSPS) is 12.0. The molecular weight excluding hydrogens is 350 g/mol. The maximum atomic E-state index is 12.7. The van der Waals surface area contributed by atoms with Crippen LogP contribution in [0.1, 0.15) is 49.6 Å². The maximum Gasteiger partial charge on any atom is 0.374 e. The van der Waals surface area contributed by atoms with Crippen LogP contribution in [-0.4, -0.2) is 35.9 Å². The van der Waals surface area contributed by atoms with Crippen molar-refractivity contribution in [2.75, 3.05) is 7.11 Å². The number of nitrogens with one attached hydrogen (secondary N) is 1. The molecule has 1 unspecified atom stereocenters. The molecule has 0 aliphatic rings. The van der Waals surface area contributed by atoms with Crippen LogP contribution in [0.4, 0.5) is 0 Å². The Morgan fingerprint density at radius 1 is 1.11 bits per heavy atom. The van der Waals surface area contributed by atoms with Crippen molar-refractivity contribution in [2.45, 2.75) is 26.9 Å². The summed E-state index contributed by atoms with van der Waals surface area (Å²) in [6.07, 6.45) is -1.06. The molecule has 7 heteroatoms. The van der Waals surface area contributed by atoms with Crippen LogP contribution in [-0.2, 0) is 9.47 Å². The van der Waals surface area contributed by atoms with Crippen LogP contribution in [0.2, 0.25) is 0 Å². The van der Waals surface area contributed by atoms with Crippen molar-refractivity contribution < 1.29 is 28.3 Å². The summed E-state index contributed by atoms with van der Waals surface area (Å²) in [5.74, 6) is -1.70. The second-order valence-electron chi connectivity index (χ2n) is 6.18. The van der Waals surface area contributed by atoms with Gasteiger partial charge in [0.2, 0.25) is 11.5 Å². The second kappa shape index (κ2) is 7.11. The molecule has 3 aromatic rings. The summed E-state index contributed by atoms with van der Waals surface area (Å²) in [6, 6.07) is 8.73. The van der Waals surface area contributed by atoms with Gasteiger partial charge in [-0.05, 0) is 38.5 Å². The number of hydrogen-bond acceptors (Lipinski definition) is 6. The Hall–Kier alpha value is -3.35. The zero-order valence-corrected chi connectivity index (χ0v) is 15.4. The Kier molecular flexibility index (Phi) is 4.85. The minimum Gasteiger partial charge on any atom is -0.465 e. The van der Waals surface area contributed by atoms with Gasteiger partial charge in [0.1, 0.15) is 5.58 Å². The van der Waals surface area contributed by atoms with E-state index in [0.29, 0.717) is 22.4 Å². The van der Waals surface area contributed by atoms with Crippen molar-refractivity contribution in [1.29, 1.82) is 0 Å². The summed E-state index contributed by atoms with van der Waals surface area (Å²) in [7, 11) is 1.27. The summed E-state index contributed by atoms with van der Waals surface area (Å²) in [6.45, 7) is 4.77. The number of carbonyl (C=O) groups excluding carboxylic acids is 3. The van der Waals surface area contributed by atoms with Gasteiger partial charge in [-0.1, -0.05) is 18.2 Å². The number of hydrogen-bond donors (Lipinski definition) is 1. The van der Waals surface area contributed by atoms with Gasteiger partial charge in [0.25, 0.3) is 0 Å². The number of methoxy groups -OCH3 is 1. The predicted octanol–water partition coefficient (Wildman–Crippen LogP) is 3.59. The second-order valence-corrected chi connectivity index (χ2v) is 6.18. The Bertz CT molecular complexity index is 1010. The third-order valence-corrected chi connectivity index (χ3v) is 4.35. The van der Waals surface area contributed by atoms with Crippen LogP contribution >= 0.6 is 0 Å². The van der Waals surface area contributed by atoms with Crippen LogP contribution in [0.3, 0.4) is 0 Å². The van der Waals surface area contributed by atoms with Crippen LogP contribution in [0.25, 0.3) is 11.0 Å². The molecule has 0 radical (unpaired) electrons. The molecule has 3 rings (SSSR count). The summed E-state index contributed by atoms with van der Waals surface area (Å²) in [4.78, 5) is 39.7.